The van der Waals surface area contributed by atoms with Gasteiger partial charge in [-0.05, 0) is 25.6 Å². The molecule has 3 aliphatic rings. The Hall–Kier alpha value is -2.61. The van der Waals surface area contributed by atoms with E-state index in [4.69, 9.17) is 4.74 Å². The number of nitrogens with zero attached hydrogens (tertiary/aromatic N) is 3. The van der Waals surface area contributed by atoms with Gasteiger partial charge in [-0.2, -0.15) is 0 Å². The zero-order valence-corrected chi connectivity index (χ0v) is 17.8. The summed E-state index contributed by atoms with van der Waals surface area (Å²) in [5.74, 6) is 0.297. The summed E-state index contributed by atoms with van der Waals surface area (Å²) in [6.45, 7) is 8.65. The van der Waals surface area contributed by atoms with Gasteiger partial charge in [0.1, 0.15) is 5.75 Å². The van der Waals surface area contributed by atoms with Crippen LogP contribution in [0.3, 0.4) is 0 Å². The van der Waals surface area contributed by atoms with Crippen molar-refractivity contribution in [3.8, 4) is 5.75 Å². The fraction of sp³-hybridized carbons (Fsp3) is 0.591. The van der Waals surface area contributed by atoms with Crippen LogP contribution in [-0.4, -0.2) is 84.0 Å². The number of hydrogen-bond acceptors (Lipinski definition) is 5. The first-order chi connectivity index (χ1) is 14.4. The van der Waals surface area contributed by atoms with Crippen LogP contribution in [0.15, 0.2) is 18.2 Å². The number of hydrogen-bond donors (Lipinski definition) is 1. The Morgan fingerprint density at radius 1 is 1.13 bits per heavy atom. The molecule has 0 aromatic heterocycles. The van der Waals surface area contributed by atoms with Gasteiger partial charge in [-0.3, -0.25) is 14.4 Å². The number of amides is 3. The molecule has 8 heteroatoms. The Morgan fingerprint density at radius 2 is 1.90 bits per heavy atom. The number of piperazine rings is 1. The molecule has 1 N–H and O–H groups in total. The predicted octanol–water partition coefficient (Wildman–Crippen LogP) is 0.990. The Morgan fingerprint density at radius 3 is 2.63 bits per heavy atom. The topological polar surface area (TPSA) is 82.2 Å². The lowest BCUT2D eigenvalue weighted by atomic mass is 9.99. The Bertz CT molecular complexity index is 850. The van der Waals surface area contributed by atoms with E-state index in [1.54, 1.807) is 4.90 Å². The molecular formula is C22H30N4O4. The van der Waals surface area contributed by atoms with Gasteiger partial charge in [0, 0.05) is 52.0 Å². The van der Waals surface area contributed by atoms with E-state index < -0.39 is 5.72 Å². The second-order valence-electron chi connectivity index (χ2n) is 8.43. The van der Waals surface area contributed by atoms with Gasteiger partial charge in [-0.15, -0.1) is 0 Å². The standard InChI is InChI=1S/C22H30N4O4/c1-3-24-10-12-25(13-11-24)20(28)15-26-9-8-22(7-6-19(26)27)23-21(29)17-14-16(2)4-5-18(17)30-22/h4-5,14H,3,6-13,15H2,1-2H3,(H,23,29)/t22-/m1/s1. The molecular weight excluding hydrogens is 384 g/mol. The van der Waals surface area contributed by atoms with Crippen molar-refractivity contribution in [2.45, 2.75) is 38.8 Å². The van der Waals surface area contributed by atoms with Gasteiger partial charge >= 0.3 is 0 Å². The Labute approximate surface area is 177 Å². The third-order valence-electron chi connectivity index (χ3n) is 6.41. The second-order valence-corrected chi connectivity index (χ2v) is 8.43. The highest BCUT2D eigenvalue weighted by atomic mass is 16.5. The number of carbonyl (C=O) groups is 3. The van der Waals surface area contributed by atoms with Crippen molar-refractivity contribution in [2.75, 3.05) is 45.8 Å². The molecule has 1 atom stereocenters. The monoisotopic (exact) mass is 414 g/mol. The maximum atomic E-state index is 12.7. The maximum Gasteiger partial charge on any atom is 0.258 e. The molecule has 2 fully saturated rings. The summed E-state index contributed by atoms with van der Waals surface area (Å²) in [6, 6.07) is 5.54. The van der Waals surface area contributed by atoms with Crippen molar-refractivity contribution in [1.29, 1.82) is 0 Å². The van der Waals surface area contributed by atoms with Crippen LogP contribution in [0.2, 0.25) is 0 Å². The lowest BCUT2D eigenvalue weighted by Gasteiger charge is -2.38. The summed E-state index contributed by atoms with van der Waals surface area (Å²) in [5, 5.41) is 2.98. The summed E-state index contributed by atoms with van der Waals surface area (Å²) in [5.41, 5.74) is 0.609. The third-order valence-corrected chi connectivity index (χ3v) is 6.41. The van der Waals surface area contributed by atoms with Gasteiger partial charge in [-0.1, -0.05) is 18.6 Å². The molecule has 0 unspecified atom stereocenters. The highest BCUT2D eigenvalue weighted by molar-refractivity contribution is 5.98. The van der Waals surface area contributed by atoms with Crippen molar-refractivity contribution < 1.29 is 19.1 Å². The average molecular weight is 415 g/mol. The molecule has 0 radical (unpaired) electrons. The molecule has 3 aliphatic heterocycles. The minimum absolute atomic E-state index is 0.00975. The number of likely N-dealkylation sites (tertiary alicyclic amines) is 1. The van der Waals surface area contributed by atoms with Gasteiger partial charge in [0.25, 0.3) is 5.91 Å². The molecule has 3 heterocycles. The molecule has 8 nitrogen and oxygen atoms in total. The summed E-state index contributed by atoms with van der Waals surface area (Å²) >= 11 is 0. The van der Waals surface area contributed by atoms with Crippen molar-refractivity contribution in [2.24, 2.45) is 0 Å². The van der Waals surface area contributed by atoms with Gasteiger partial charge in [0.05, 0.1) is 12.1 Å². The molecule has 0 saturated carbocycles. The van der Waals surface area contributed by atoms with Crippen molar-refractivity contribution in [3.63, 3.8) is 0 Å². The number of nitrogens with one attached hydrogen (secondary N) is 1. The zero-order chi connectivity index (χ0) is 21.3. The Kier molecular flexibility index (Phi) is 5.69. The van der Waals surface area contributed by atoms with Gasteiger partial charge in [-0.25, -0.2) is 0 Å². The van der Waals surface area contributed by atoms with Crippen molar-refractivity contribution in [1.82, 2.24) is 20.0 Å². The van der Waals surface area contributed by atoms with Crippen LogP contribution in [-0.2, 0) is 9.59 Å². The second kappa shape index (κ2) is 8.26. The molecule has 4 rings (SSSR count). The SMILES string of the molecule is CCN1CCN(C(=O)CN2CC[C@]3(CCC2=O)NC(=O)c2cc(C)ccc2O3)CC1. The first-order valence-electron chi connectivity index (χ1n) is 10.8. The highest BCUT2D eigenvalue weighted by Crippen LogP contribution is 2.34. The molecule has 0 aliphatic carbocycles. The van der Waals surface area contributed by atoms with Crippen molar-refractivity contribution in [3.05, 3.63) is 29.3 Å². The fourth-order valence-electron chi connectivity index (χ4n) is 4.42. The molecule has 2 saturated heterocycles. The van der Waals surface area contributed by atoms with Gasteiger partial charge in [0.15, 0.2) is 5.72 Å². The minimum Gasteiger partial charge on any atom is -0.467 e. The van der Waals surface area contributed by atoms with Crippen LogP contribution in [0.1, 0.15) is 42.1 Å². The van der Waals surface area contributed by atoms with E-state index in [2.05, 4.69) is 17.1 Å². The summed E-state index contributed by atoms with van der Waals surface area (Å²) in [6.07, 6.45) is 1.08. The van der Waals surface area contributed by atoms with E-state index in [9.17, 15) is 14.4 Å². The van der Waals surface area contributed by atoms with Crippen molar-refractivity contribution >= 4 is 17.7 Å². The van der Waals surface area contributed by atoms with Gasteiger partial charge in [0.2, 0.25) is 11.8 Å². The van der Waals surface area contributed by atoms with Gasteiger partial charge < -0.3 is 24.8 Å². The molecule has 30 heavy (non-hydrogen) atoms. The maximum absolute atomic E-state index is 12.7. The van der Waals surface area contributed by atoms with Crippen LogP contribution in [0.5, 0.6) is 5.75 Å². The van der Waals surface area contributed by atoms with E-state index in [-0.39, 0.29) is 30.7 Å². The van der Waals surface area contributed by atoms with E-state index >= 15 is 0 Å². The number of rotatable bonds is 3. The number of fused-ring (bicyclic) bond motifs is 1. The highest BCUT2D eigenvalue weighted by Gasteiger charge is 2.43. The number of carbonyl (C=O) groups excluding carboxylic acids is 3. The fourth-order valence-corrected chi connectivity index (χ4v) is 4.42. The Balaban J connectivity index is 1.40. The number of benzene rings is 1. The lowest BCUT2D eigenvalue weighted by molar-refractivity contribution is -0.141. The average Bonchev–Trinajstić information content (AvgIpc) is 2.89. The van der Waals surface area contributed by atoms with Crippen LogP contribution in [0.4, 0.5) is 0 Å². The first kappa shape index (κ1) is 20.7. The molecule has 1 spiro atoms. The molecule has 1 aromatic carbocycles. The van der Waals surface area contributed by atoms with E-state index in [0.29, 0.717) is 43.8 Å². The summed E-state index contributed by atoms with van der Waals surface area (Å²) in [4.78, 5) is 43.9. The number of ether oxygens (including phenoxy) is 1. The van der Waals surface area contributed by atoms with E-state index in [1.807, 2.05) is 30.0 Å². The smallest absolute Gasteiger partial charge is 0.258 e. The normalized spacial score (nSPS) is 24.9. The van der Waals surface area contributed by atoms with Crippen LogP contribution < -0.4 is 10.1 Å². The summed E-state index contributed by atoms with van der Waals surface area (Å²) in [7, 11) is 0. The van der Waals surface area contributed by atoms with Crippen LogP contribution >= 0.6 is 0 Å². The van der Waals surface area contributed by atoms with E-state index in [0.717, 1.165) is 25.2 Å². The number of aryl methyl sites for hydroxylation is 1. The summed E-state index contributed by atoms with van der Waals surface area (Å²) < 4.78 is 6.20. The quantitative estimate of drug-likeness (QED) is 0.798. The van der Waals surface area contributed by atoms with Crippen LogP contribution in [0.25, 0.3) is 0 Å². The minimum atomic E-state index is -0.903. The predicted molar refractivity (Wildman–Crippen MR) is 111 cm³/mol. The lowest BCUT2D eigenvalue weighted by Crippen LogP contribution is -2.56. The molecule has 1 aromatic rings. The third kappa shape index (κ3) is 4.14. The number of likely N-dealkylation sites (N-methyl/N-ethyl adjacent to an activating group) is 1. The van der Waals surface area contributed by atoms with Crippen LogP contribution in [0, 0.1) is 6.92 Å². The molecule has 0 bridgehead atoms. The molecule has 3 amide bonds. The zero-order valence-electron chi connectivity index (χ0n) is 17.8. The molecule has 162 valence electrons. The largest absolute Gasteiger partial charge is 0.467 e. The first-order valence-corrected chi connectivity index (χ1v) is 10.8. The van der Waals surface area contributed by atoms with E-state index in [1.165, 1.54) is 0 Å².